The zero-order valence-electron chi connectivity index (χ0n) is 18.2. The Morgan fingerprint density at radius 3 is 2.33 bits per heavy atom. The highest BCUT2D eigenvalue weighted by Gasteiger charge is 2.36. The van der Waals surface area contributed by atoms with Crippen molar-refractivity contribution < 1.29 is 27.5 Å². The monoisotopic (exact) mass is 460 g/mol. The second-order valence-electron chi connectivity index (χ2n) is 8.17. The highest BCUT2D eigenvalue weighted by Crippen LogP contribution is 2.30. The van der Waals surface area contributed by atoms with E-state index < -0.39 is 29.5 Å². The summed E-state index contributed by atoms with van der Waals surface area (Å²) < 4.78 is 46.1. The minimum absolute atomic E-state index is 0.0711. The fourth-order valence-electron chi connectivity index (χ4n) is 2.88. The standard InChI is InChI=1S/C23H23F3N4O3/c1-22(2,3)33-21(32)27-14-15-8-7-11-17(12-15)30-18(13-19(29-30)23(24,25)26)20(31)28-16-9-5-4-6-10-16/h4-13H,14H2,1-3H3,(H,27,32)(H,28,31). The summed E-state index contributed by atoms with van der Waals surface area (Å²) in [6.07, 6.45) is -5.36. The summed E-state index contributed by atoms with van der Waals surface area (Å²) in [5.74, 6) is -0.749. The topological polar surface area (TPSA) is 85.2 Å². The quantitative estimate of drug-likeness (QED) is 0.550. The number of carbonyl (C=O) groups is 2. The number of para-hydroxylation sites is 1. The molecular formula is C23H23F3N4O3. The minimum atomic E-state index is -4.73. The van der Waals surface area contributed by atoms with Crippen LogP contribution in [0.1, 0.15) is 42.5 Å². The van der Waals surface area contributed by atoms with E-state index in [1.807, 2.05) is 0 Å². The minimum Gasteiger partial charge on any atom is -0.444 e. The van der Waals surface area contributed by atoms with Gasteiger partial charge < -0.3 is 15.4 Å². The Morgan fingerprint density at radius 2 is 1.70 bits per heavy atom. The number of nitrogens with one attached hydrogen (secondary N) is 2. The van der Waals surface area contributed by atoms with Gasteiger partial charge in [0.1, 0.15) is 11.3 Å². The van der Waals surface area contributed by atoms with Crippen LogP contribution in [-0.2, 0) is 17.5 Å². The van der Waals surface area contributed by atoms with E-state index in [2.05, 4.69) is 15.7 Å². The van der Waals surface area contributed by atoms with Crippen molar-refractivity contribution in [3.05, 3.63) is 77.6 Å². The molecule has 0 spiro atoms. The molecule has 0 bridgehead atoms. The summed E-state index contributed by atoms with van der Waals surface area (Å²) in [5, 5.41) is 8.77. The van der Waals surface area contributed by atoms with Crippen LogP contribution < -0.4 is 10.6 Å². The van der Waals surface area contributed by atoms with Gasteiger partial charge in [-0.05, 0) is 50.6 Å². The maximum absolute atomic E-state index is 13.3. The van der Waals surface area contributed by atoms with E-state index in [4.69, 9.17) is 4.74 Å². The van der Waals surface area contributed by atoms with Gasteiger partial charge in [-0.2, -0.15) is 18.3 Å². The van der Waals surface area contributed by atoms with E-state index in [9.17, 15) is 22.8 Å². The number of hydrogen-bond donors (Lipinski definition) is 2. The molecule has 0 saturated heterocycles. The molecule has 2 N–H and O–H groups in total. The number of nitrogens with zero attached hydrogens (tertiary/aromatic N) is 2. The van der Waals surface area contributed by atoms with E-state index in [1.54, 1.807) is 63.2 Å². The fourth-order valence-corrected chi connectivity index (χ4v) is 2.88. The summed E-state index contributed by atoms with van der Waals surface area (Å²) in [4.78, 5) is 24.7. The van der Waals surface area contributed by atoms with Gasteiger partial charge in [-0.3, -0.25) is 4.79 Å². The predicted molar refractivity (Wildman–Crippen MR) is 116 cm³/mol. The molecule has 174 valence electrons. The predicted octanol–water partition coefficient (Wildman–Crippen LogP) is 5.17. The molecule has 3 aromatic rings. The van der Waals surface area contributed by atoms with Crippen LogP contribution >= 0.6 is 0 Å². The Bertz CT molecular complexity index is 1140. The first-order valence-corrected chi connectivity index (χ1v) is 10.0. The molecule has 0 atom stereocenters. The Labute approximate surface area is 188 Å². The van der Waals surface area contributed by atoms with Gasteiger partial charge in [0.05, 0.1) is 5.69 Å². The third kappa shape index (κ3) is 6.58. The number of anilines is 1. The zero-order valence-corrected chi connectivity index (χ0v) is 18.2. The summed E-state index contributed by atoms with van der Waals surface area (Å²) >= 11 is 0. The third-order valence-electron chi connectivity index (χ3n) is 4.25. The van der Waals surface area contributed by atoms with Crippen LogP contribution in [0.3, 0.4) is 0 Å². The lowest BCUT2D eigenvalue weighted by Gasteiger charge is -2.19. The van der Waals surface area contributed by atoms with Crippen LogP contribution in [0.25, 0.3) is 5.69 Å². The van der Waals surface area contributed by atoms with Crippen molar-refractivity contribution in [1.29, 1.82) is 0 Å². The molecule has 0 fully saturated rings. The molecule has 0 saturated carbocycles. The lowest BCUT2D eigenvalue weighted by atomic mass is 10.2. The number of benzene rings is 2. The molecule has 0 aliphatic heterocycles. The van der Waals surface area contributed by atoms with E-state index >= 15 is 0 Å². The molecule has 3 rings (SSSR count). The van der Waals surface area contributed by atoms with Crippen molar-refractivity contribution in [3.8, 4) is 5.69 Å². The maximum Gasteiger partial charge on any atom is 0.435 e. The number of rotatable bonds is 5. The number of ether oxygens (including phenoxy) is 1. The zero-order chi connectivity index (χ0) is 24.2. The van der Waals surface area contributed by atoms with Gasteiger partial charge in [0, 0.05) is 18.3 Å². The van der Waals surface area contributed by atoms with E-state index in [1.165, 1.54) is 12.1 Å². The molecule has 2 amide bonds. The van der Waals surface area contributed by atoms with Gasteiger partial charge in [0.25, 0.3) is 5.91 Å². The third-order valence-corrected chi connectivity index (χ3v) is 4.25. The van der Waals surface area contributed by atoms with Gasteiger partial charge in [-0.25, -0.2) is 9.48 Å². The number of alkyl halides is 3. The molecule has 0 aliphatic carbocycles. The van der Waals surface area contributed by atoms with Crippen molar-refractivity contribution in [3.63, 3.8) is 0 Å². The van der Waals surface area contributed by atoms with Crippen molar-refractivity contribution in [2.24, 2.45) is 0 Å². The van der Waals surface area contributed by atoms with Gasteiger partial charge >= 0.3 is 12.3 Å². The molecule has 0 unspecified atom stereocenters. The second kappa shape index (κ2) is 9.35. The molecule has 0 aliphatic rings. The summed E-state index contributed by atoms with van der Waals surface area (Å²) in [5.41, 5.74) is -0.916. The number of carbonyl (C=O) groups excluding carboxylic acids is 2. The van der Waals surface area contributed by atoms with Gasteiger partial charge in [0.2, 0.25) is 0 Å². The van der Waals surface area contributed by atoms with E-state index in [0.717, 1.165) is 4.68 Å². The molecular weight excluding hydrogens is 437 g/mol. The Hall–Kier alpha value is -3.82. The molecule has 1 aromatic heterocycles. The Kier molecular flexibility index (Phi) is 6.75. The largest absolute Gasteiger partial charge is 0.444 e. The van der Waals surface area contributed by atoms with Crippen molar-refractivity contribution in [1.82, 2.24) is 15.1 Å². The van der Waals surface area contributed by atoms with Crippen molar-refractivity contribution in [2.45, 2.75) is 39.1 Å². The van der Waals surface area contributed by atoms with Crippen LogP contribution in [0.5, 0.6) is 0 Å². The lowest BCUT2D eigenvalue weighted by Crippen LogP contribution is -2.32. The van der Waals surface area contributed by atoms with Crippen LogP contribution in [0.4, 0.5) is 23.7 Å². The van der Waals surface area contributed by atoms with E-state index in [-0.39, 0.29) is 17.9 Å². The number of alkyl carbamates (subject to hydrolysis) is 1. The highest BCUT2D eigenvalue weighted by atomic mass is 19.4. The SMILES string of the molecule is CC(C)(C)OC(=O)NCc1cccc(-n2nc(C(F)(F)F)cc2C(=O)Nc2ccccc2)c1. The van der Waals surface area contributed by atoms with Crippen LogP contribution in [0.2, 0.25) is 0 Å². The Morgan fingerprint density at radius 1 is 1.00 bits per heavy atom. The molecule has 1 heterocycles. The smallest absolute Gasteiger partial charge is 0.435 e. The number of amides is 2. The van der Waals surface area contributed by atoms with Gasteiger partial charge in [0.15, 0.2) is 5.69 Å². The Balaban J connectivity index is 1.88. The molecule has 33 heavy (non-hydrogen) atoms. The second-order valence-corrected chi connectivity index (χ2v) is 8.17. The fraction of sp³-hybridized carbons (Fsp3) is 0.261. The number of aromatic nitrogens is 2. The van der Waals surface area contributed by atoms with Crippen molar-refractivity contribution in [2.75, 3.05) is 5.32 Å². The number of hydrogen-bond acceptors (Lipinski definition) is 4. The van der Waals surface area contributed by atoms with Crippen LogP contribution in [-0.4, -0.2) is 27.4 Å². The van der Waals surface area contributed by atoms with Gasteiger partial charge in [-0.1, -0.05) is 30.3 Å². The highest BCUT2D eigenvalue weighted by molar-refractivity contribution is 6.03. The average Bonchev–Trinajstić information content (AvgIpc) is 3.18. The number of halogens is 3. The first kappa shape index (κ1) is 23.8. The maximum atomic E-state index is 13.3. The summed E-state index contributed by atoms with van der Waals surface area (Å²) in [6.45, 7) is 5.25. The van der Waals surface area contributed by atoms with E-state index in [0.29, 0.717) is 17.3 Å². The molecule has 10 heteroatoms. The average molecular weight is 460 g/mol. The van der Waals surface area contributed by atoms with Gasteiger partial charge in [-0.15, -0.1) is 0 Å². The summed E-state index contributed by atoms with van der Waals surface area (Å²) in [7, 11) is 0. The normalized spacial score (nSPS) is 11.7. The molecule has 2 aromatic carbocycles. The summed E-state index contributed by atoms with van der Waals surface area (Å²) in [6, 6.07) is 15.4. The first-order valence-electron chi connectivity index (χ1n) is 10.0. The first-order chi connectivity index (χ1) is 15.4. The molecule has 7 nitrogen and oxygen atoms in total. The molecule has 0 radical (unpaired) electrons. The lowest BCUT2D eigenvalue weighted by molar-refractivity contribution is -0.141. The van der Waals surface area contributed by atoms with Crippen LogP contribution in [0, 0.1) is 0 Å². The van der Waals surface area contributed by atoms with Crippen molar-refractivity contribution >= 4 is 17.7 Å². The van der Waals surface area contributed by atoms with Crippen LogP contribution in [0.15, 0.2) is 60.7 Å².